The van der Waals surface area contributed by atoms with Crippen molar-refractivity contribution in [1.82, 2.24) is 20.3 Å². The molecule has 0 saturated carbocycles. The van der Waals surface area contributed by atoms with Crippen LogP contribution in [0.2, 0.25) is 0 Å². The summed E-state index contributed by atoms with van der Waals surface area (Å²) in [5.41, 5.74) is 4.08. The van der Waals surface area contributed by atoms with Crippen LogP contribution in [-0.2, 0) is 12.7 Å². The van der Waals surface area contributed by atoms with E-state index in [1.807, 2.05) is 0 Å². The zero-order valence-electron chi connectivity index (χ0n) is 12.5. The van der Waals surface area contributed by atoms with Crippen molar-refractivity contribution in [3.05, 3.63) is 47.3 Å². The summed E-state index contributed by atoms with van der Waals surface area (Å²) in [6, 6.07) is 4.65. The van der Waals surface area contributed by atoms with Gasteiger partial charge in [-0.3, -0.25) is 9.48 Å². The molecule has 0 saturated heterocycles. The molecule has 130 valence electrons. The van der Waals surface area contributed by atoms with Gasteiger partial charge in [0, 0.05) is 13.1 Å². The molecule has 1 aromatic heterocycles. The van der Waals surface area contributed by atoms with Gasteiger partial charge in [0.1, 0.15) is 0 Å². The molecule has 4 N–H and O–H groups in total. The van der Waals surface area contributed by atoms with E-state index in [1.54, 1.807) is 0 Å². The first-order valence-electron chi connectivity index (χ1n) is 7.05. The van der Waals surface area contributed by atoms with Crippen LogP contribution in [0.25, 0.3) is 0 Å². The van der Waals surface area contributed by atoms with E-state index in [1.165, 1.54) is 23.0 Å². The highest BCUT2D eigenvalue weighted by atomic mass is 19.4. The van der Waals surface area contributed by atoms with Crippen LogP contribution in [0.3, 0.4) is 0 Å². The highest BCUT2D eigenvalue weighted by Crippen LogP contribution is 2.34. The number of carbonyl (C=O) groups excluding carboxylic acids is 1. The van der Waals surface area contributed by atoms with Gasteiger partial charge in [-0.15, -0.1) is 5.10 Å². The van der Waals surface area contributed by atoms with Crippen LogP contribution in [0.15, 0.2) is 30.5 Å². The standard InChI is InChI=1S/C14H16F3N5O2/c15-14(16,17)10-4-2-1-3-9(10)12(23)7-19-13(24)11-8-22(6-5-18)21-20-11/h1-4,8,12,23H,5-7,18H2,(H,19,24)/t12-/m1/s1. The molecule has 1 atom stereocenters. The third-order valence-corrected chi connectivity index (χ3v) is 3.21. The number of nitrogens with zero attached hydrogens (tertiary/aromatic N) is 3. The molecule has 24 heavy (non-hydrogen) atoms. The topological polar surface area (TPSA) is 106 Å². The quantitative estimate of drug-likeness (QED) is 0.717. The van der Waals surface area contributed by atoms with Crippen molar-refractivity contribution in [3.8, 4) is 0 Å². The van der Waals surface area contributed by atoms with Crippen LogP contribution in [0.1, 0.15) is 27.7 Å². The minimum Gasteiger partial charge on any atom is -0.387 e. The Kier molecular flexibility index (Phi) is 5.52. The summed E-state index contributed by atoms with van der Waals surface area (Å²) >= 11 is 0. The summed E-state index contributed by atoms with van der Waals surface area (Å²) in [4.78, 5) is 11.9. The molecule has 0 bridgehead atoms. The lowest BCUT2D eigenvalue weighted by Gasteiger charge is -2.17. The van der Waals surface area contributed by atoms with Crippen molar-refractivity contribution in [3.63, 3.8) is 0 Å². The summed E-state index contributed by atoms with van der Waals surface area (Å²) in [6.45, 7) is 0.300. The summed E-state index contributed by atoms with van der Waals surface area (Å²) in [7, 11) is 0. The van der Waals surface area contributed by atoms with Gasteiger partial charge in [-0.1, -0.05) is 23.4 Å². The van der Waals surface area contributed by atoms with Crippen LogP contribution in [0.4, 0.5) is 13.2 Å². The SMILES string of the molecule is NCCn1cc(C(=O)NC[C@@H](O)c2ccccc2C(F)(F)F)nn1. The maximum atomic E-state index is 12.9. The van der Waals surface area contributed by atoms with E-state index in [-0.39, 0.29) is 11.3 Å². The Morgan fingerprint density at radius 1 is 1.38 bits per heavy atom. The second-order valence-corrected chi connectivity index (χ2v) is 4.97. The largest absolute Gasteiger partial charge is 0.416 e. The number of nitrogens with one attached hydrogen (secondary N) is 1. The molecule has 0 aliphatic heterocycles. The Balaban J connectivity index is 2.02. The molecular weight excluding hydrogens is 327 g/mol. The summed E-state index contributed by atoms with van der Waals surface area (Å²) in [5, 5.41) is 19.6. The van der Waals surface area contributed by atoms with E-state index in [0.29, 0.717) is 13.1 Å². The molecule has 0 fully saturated rings. The zero-order valence-corrected chi connectivity index (χ0v) is 12.5. The van der Waals surface area contributed by atoms with Gasteiger partial charge in [0.2, 0.25) is 0 Å². The van der Waals surface area contributed by atoms with Crippen molar-refractivity contribution in [1.29, 1.82) is 0 Å². The van der Waals surface area contributed by atoms with E-state index in [9.17, 15) is 23.1 Å². The second kappa shape index (κ2) is 7.41. The normalized spacial score (nSPS) is 12.9. The van der Waals surface area contributed by atoms with Crippen LogP contribution >= 0.6 is 0 Å². The third-order valence-electron chi connectivity index (χ3n) is 3.21. The van der Waals surface area contributed by atoms with Gasteiger partial charge >= 0.3 is 6.18 Å². The average molecular weight is 343 g/mol. The first-order chi connectivity index (χ1) is 11.3. The van der Waals surface area contributed by atoms with Crippen molar-refractivity contribution in [2.45, 2.75) is 18.8 Å². The Morgan fingerprint density at radius 3 is 2.75 bits per heavy atom. The Bertz CT molecular complexity index is 702. The van der Waals surface area contributed by atoms with Gasteiger partial charge in [0.25, 0.3) is 5.91 Å². The molecule has 2 rings (SSSR count). The number of amides is 1. The molecule has 7 nitrogen and oxygen atoms in total. The van der Waals surface area contributed by atoms with Crippen LogP contribution in [0, 0.1) is 0 Å². The van der Waals surface area contributed by atoms with Crippen molar-refractivity contribution in [2.75, 3.05) is 13.1 Å². The van der Waals surface area contributed by atoms with Crippen LogP contribution < -0.4 is 11.1 Å². The number of hydrogen-bond donors (Lipinski definition) is 3. The van der Waals surface area contributed by atoms with Crippen molar-refractivity contribution >= 4 is 5.91 Å². The first kappa shape index (κ1) is 17.9. The molecule has 1 amide bonds. The summed E-state index contributed by atoms with van der Waals surface area (Å²) in [6.07, 6.45) is -4.74. The number of carbonyl (C=O) groups is 1. The molecular formula is C14H16F3N5O2. The van der Waals surface area contributed by atoms with E-state index >= 15 is 0 Å². The number of rotatable bonds is 6. The lowest BCUT2D eigenvalue weighted by atomic mass is 10.0. The molecule has 10 heteroatoms. The first-order valence-corrected chi connectivity index (χ1v) is 7.05. The minimum absolute atomic E-state index is 0.0141. The fourth-order valence-electron chi connectivity index (χ4n) is 2.08. The second-order valence-electron chi connectivity index (χ2n) is 4.97. The lowest BCUT2D eigenvalue weighted by Crippen LogP contribution is -2.29. The molecule has 1 heterocycles. The van der Waals surface area contributed by atoms with Gasteiger partial charge in [-0.25, -0.2) is 0 Å². The van der Waals surface area contributed by atoms with Crippen LogP contribution in [-0.4, -0.2) is 39.1 Å². The Morgan fingerprint density at radius 2 is 2.08 bits per heavy atom. The number of benzene rings is 1. The molecule has 0 aliphatic rings. The Hall–Kier alpha value is -2.46. The predicted molar refractivity (Wildman–Crippen MR) is 77.8 cm³/mol. The predicted octanol–water partition coefficient (Wildman–Crippen LogP) is 0.719. The monoisotopic (exact) mass is 343 g/mol. The molecule has 0 radical (unpaired) electrons. The van der Waals surface area contributed by atoms with Crippen LogP contribution in [0.5, 0.6) is 0 Å². The number of alkyl halides is 3. The highest BCUT2D eigenvalue weighted by molar-refractivity contribution is 5.91. The molecule has 2 aromatic rings. The smallest absolute Gasteiger partial charge is 0.387 e. The Labute approximate surface area is 135 Å². The maximum Gasteiger partial charge on any atom is 0.416 e. The number of aliphatic hydroxyl groups excluding tert-OH is 1. The van der Waals surface area contributed by atoms with Crippen molar-refractivity contribution < 1.29 is 23.1 Å². The van der Waals surface area contributed by atoms with Gasteiger partial charge in [0.05, 0.1) is 24.4 Å². The van der Waals surface area contributed by atoms with Crippen molar-refractivity contribution in [2.24, 2.45) is 5.73 Å². The van der Waals surface area contributed by atoms with Gasteiger partial charge in [0.15, 0.2) is 5.69 Å². The number of aliphatic hydroxyl groups is 1. The minimum atomic E-state index is -4.59. The number of nitrogens with two attached hydrogens (primary N) is 1. The van der Waals surface area contributed by atoms with E-state index in [4.69, 9.17) is 5.73 Å². The van der Waals surface area contributed by atoms with E-state index in [2.05, 4.69) is 15.6 Å². The van der Waals surface area contributed by atoms with Gasteiger partial charge < -0.3 is 16.2 Å². The highest BCUT2D eigenvalue weighted by Gasteiger charge is 2.34. The average Bonchev–Trinajstić information content (AvgIpc) is 3.00. The zero-order chi connectivity index (χ0) is 17.7. The number of aromatic nitrogens is 3. The van der Waals surface area contributed by atoms with E-state index < -0.39 is 30.3 Å². The molecule has 1 aromatic carbocycles. The maximum absolute atomic E-state index is 12.9. The fourth-order valence-corrected chi connectivity index (χ4v) is 2.08. The summed E-state index contributed by atoms with van der Waals surface area (Å²) < 4.78 is 40.1. The van der Waals surface area contributed by atoms with Gasteiger partial charge in [-0.2, -0.15) is 13.2 Å². The molecule has 0 aliphatic carbocycles. The lowest BCUT2D eigenvalue weighted by molar-refractivity contribution is -0.139. The summed E-state index contributed by atoms with van der Waals surface area (Å²) in [5.74, 6) is -0.651. The number of hydrogen-bond acceptors (Lipinski definition) is 5. The fraction of sp³-hybridized carbons (Fsp3) is 0.357. The van der Waals surface area contributed by atoms with E-state index in [0.717, 1.165) is 12.1 Å². The molecule has 0 spiro atoms. The number of halogens is 3. The van der Waals surface area contributed by atoms with Gasteiger partial charge in [-0.05, 0) is 11.6 Å². The molecule has 0 unspecified atom stereocenters. The third kappa shape index (κ3) is 4.30.